The molecule has 0 aromatic carbocycles. The minimum absolute atomic E-state index is 0.191. The normalized spacial score (nSPS) is 18.4. The van der Waals surface area contributed by atoms with Crippen molar-refractivity contribution in [1.82, 2.24) is 10.3 Å². The third kappa shape index (κ3) is 3.57. The van der Waals surface area contributed by atoms with E-state index in [0.29, 0.717) is 5.56 Å². The molecule has 1 aliphatic carbocycles. The highest BCUT2D eigenvalue weighted by Gasteiger charge is 2.32. The summed E-state index contributed by atoms with van der Waals surface area (Å²) in [5, 5.41) is 12.5. The number of nitriles is 1. The molecule has 0 aliphatic heterocycles. The first-order valence-corrected chi connectivity index (χ1v) is 7.31. The van der Waals surface area contributed by atoms with Crippen molar-refractivity contribution in [3.63, 3.8) is 0 Å². The van der Waals surface area contributed by atoms with E-state index in [2.05, 4.69) is 16.4 Å². The quantitative estimate of drug-likeness (QED) is 0.898. The second kappa shape index (κ2) is 6.51. The average molecular weight is 271 g/mol. The molecule has 1 heterocycles. The predicted octanol–water partition coefficient (Wildman–Crippen LogP) is 3.13. The van der Waals surface area contributed by atoms with Crippen molar-refractivity contribution < 1.29 is 4.79 Å². The Labute approximate surface area is 120 Å². The summed E-state index contributed by atoms with van der Waals surface area (Å²) in [6, 6.07) is 4.15. The van der Waals surface area contributed by atoms with Gasteiger partial charge in [0.1, 0.15) is 5.54 Å². The Morgan fingerprint density at radius 3 is 2.50 bits per heavy atom. The third-order valence-electron chi connectivity index (χ3n) is 3.91. The van der Waals surface area contributed by atoms with Gasteiger partial charge < -0.3 is 5.32 Å². The van der Waals surface area contributed by atoms with Crippen LogP contribution in [0.5, 0.6) is 0 Å². The van der Waals surface area contributed by atoms with Crippen LogP contribution < -0.4 is 5.32 Å². The second-order valence-corrected chi connectivity index (χ2v) is 5.67. The van der Waals surface area contributed by atoms with Crippen molar-refractivity contribution in [2.75, 3.05) is 0 Å². The minimum Gasteiger partial charge on any atom is -0.334 e. The van der Waals surface area contributed by atoms with Crippen LogP contribution in [-0.2, 0) is 0 Å². The molecule has 1 amide bonds. The lowest BCUT2D eigenvalue weighted by atomic mass is 9.85. The number of nitrogens with one attached hydrogen (secondary N) is 1. The van der Waals surface area contributed by atoms with Crippen LogP contribution in [0.4, 0.5) is 0 Å². The number of carbonyl (C=O) groups is 1. The molecule has 0 bridgehead atoms. The Bertz CT molecular complexity index is 511. The highest BCUT2D eigenvalue weighted by Crippen LogP contribution is 2.26. The summed E-state index contributed by atoms with van der Waals surface area (Å²) in [4.78, 5) is 16.4. The number of aromatic nitrogens is 1. The van der Waals surface area contributed by atoms with Crippen LogP contribution in [0.15, 0.2) is 18.5 Å². The molecule has 0 radical (unpaired) electrons. The summed E-state index contributed by atoms with van der Waals surface area (Å²) >= 11 is 0. The monoisotopic (exact) mass is 271 g/mol. The van der Waals surface area contributed by atoms with E-state index in [4.69, 9.17) is 0 Å². The molecule has 1 aromatic heterocycles. The molecule has 0 unspecified atom stereocenters. The number of aryl methyl sites for hydroxylation is 1. The molecule has 1 fully saturated rings. The van der Waals surface area contributed by atoms with Crippen LogP contribution >= 0.6 is 0 Å². The fourth-order valence-electron chi connectivity index (χ4n) is 2.74. The molecule has 2 rings (SSSR count). The van der Waals surface area contributed by atoms with E-state index in [1.807, 2.05) is 6.92 Å². The molecule has 20 heavy (non-hydrogen) atoms. The van der Waals surface area contributed by atoms with Gasteiger partial charge >= 0.3 is 0 Å². The van der Waals surface area contributed by atoms with E-state index in [-0.39, 0.29) is 5.91 Å². The number of rotatable bonds is 2. The molecular formula is C16H21N3O. The Hall–Kier alpha value is -1.89. The van der Waals surface area contributed by atoms with Crippen LogP contribution in [0, 0.1) is 18.3 Å². The Balaban J connectivity index is 2.12. The highest BCUT2D eigenvalue weighted by molar-refractivity contribution is 5.94. The molecule has 0 spiro atoms. The highest BCUT2D eigenvalue weighted by atomic mass is 16.1. The molecule has 0 saturated heterocycles. The van der Waals surface area contributed by atoms with Crippen molar-refractivity contribution in [1.29, 1.82) is 5.26 Å². The Kier molecular flexibility index (Phi) is 4.73. The van der Waals surface area contributed by atoms with Crippen molar-refractivity contribution >= 4 is 5.91 Å². The van der Waals surface area contributed by atoms with E-state index >= 15 is 0 Å². The number of carbonyl (C=O) groups excluding carboxylic acids is 1. The maximum absolute atomic E-state index is 12.3. The smallest absolute Gasteiger partial charge is 0.254 e. The van der Waals surface area contributed by atoms with Crippen LogP contribution in [-0.4, -0.2) is 16.4 Å². The number of hydrogen-bond acceptors (Lipinski definition) is 3. The third-order valence-corrected chi connectivity index (χ3v) is 3.91. The van der Waals surface area contributed by atoms with Gasteiger partial charge in [-0.05, 0) is 31.4 Å². The van der Waals surface area contributed by atoms with Gasteiger partial charge in [-0.1, -0.05) is 32.1 Å². The summed E-state index contributed by atoms with van der Waals surface area (Å²) in [5.74, 6) is -0.191. The van der Waals surface area contributed by atoms with Gasteiger partial charge in [0, 0.05) is 12.4 Å². The lowest BCUT2D eigenvalue weighted by Gasteiger charge is -2.29. The van der Waals surface area contributed by atoms with E-state index in [1.54, 1.807) is 18.5 Å². The molecule has 1 aromatic rings. The fourth-order valence-corrected chi connectivity index (χ4v) is 2.74. The Morgan fingerprint density at radius 2 is 1.90 bits per heavy atom. The first kappa shape index (κ1) is 14.5. The van der Waals surface area contributed by atoms with Crippen LogP contribution in [0.3, 0.4) is 0 Å². The zero-order chi connectivity index (χ0) is 14.4. The Morgan fingerprint density at radius 1 is 1.25 bits per heavy atom. The van der Waals surface area contributed by atoms with Crippen LogP contribution in [0.25, 0.3) is 0 Å². The topological polar surface area (TPSA) is 65.8 Å². The zero-order valence-corrected chi connectivity index (χ0v) is 12.0. The SMILES string of the molecule is Cc1cncc(C(=O)NC2(C#N)CCCCCCC2)c1. The van der Waals surface area contributed by atoms with Gasteiger partial charge in [-0.2, -0.15) is 5.26 Å². The standard InChI is InChI=1S/C16H21N3O/c1-13-9-14(11-18-10-13)15(20)19-16(12-17)7-5-3-2-4-6-8-16/h9-11H,2-8H2,1H3,(H,19,20). The predicted molar refractivity (Wildman–Crippen MR) is 77.1 cm³/mol. The summed E-state index contributed by atoms with van der Waals surface area (Å²) in [5.41, 5.74) is 0.768. The van der Waals surface area contributed by atoms with Gasteiger partial charge in [0.2, 0.25) is 0 Å². The summed E-state index contributed by atoms with van der Waals surface area (Å²) < 4.78 is 0. The summed E-state index contributed by atoms with van der Waals surface area (Å²) in [6.07, 6.45) is 10.3. The van der Waals surface area contributed by atoms with Crippen molar-refractivity contribution in [3.8, 4) is 6.07 Å². The van der Waals surface area contributed by atoms with Crippen molar-refractivity contribution in [3.05, 3.63) is 29.6 Å². The maximum Gasteiger partial charge on any atom is 0.254 e. The molecule has 106 valence electrons. The number of pyridine rings is 1. The zero-order valence-electron chi connectivity index (χ0n) is 12.0. The summed E-state index contributed by atoms with van der Waals surface area (Å²) in [6.45, 7) is 1.90. The molecular weight excluding hydrogens is 250 g/mol. The van der Waals surface area contributed by atoms with Gasteiger partial charge in [0.25, 0.3) is 5.91 Å². The van der Waals surface area contributed by atoms with E-state index < -0.39 is 5.54 Å². The number of amides is 1. The molecule has 1 N–H and O–H groups in total. The second-order valence-electron chi connectivity index (χ2n) is 5.67. The fraction of sp³-hybridized carbons (Fsp3) is 0.562. The van der Waals surface area contributed by atoms with Gasteiger partial charge in [0.15, 0.2) is 0 Å². The van der Waals surface area contributed by atoms with E-state index in [9.17, 15) is 10.1 Å². The lowest BCUT2D eigenvalue weighted by Crippen LogP contribution is -2.47. The molecule has 0 atom stereocenters. The van der Waals surface area contributed by atoms with Gasteiger partial charge in [-0.15, -0.1) is 0 Å². The van der Waals surface area contributed by atoms with Gasteiger partial charge in [0.05, 0.1) is 11.6 Å². The minimum atomic E-state index is -0.707. The molecule has 1 aliphatic rings. The summed E-state index contributed by atoms with van der Waals surface area (Å²) in [7, 11) is 0. The van der Waals surface area contributed by atoms with Crippen LogP contribution in [0.1, 0.15) is 60.9 Å². The number of nitrogens with zero attached hydrogens (tertiary/aromatic N) is 2. The van der Waals surface area contributed by atoms with Gasteiger partial charge in [-0.25, -0.2) is 0 Å². The lowest BCUT2D eigenvalue weighted by molar-refractivity contribution is 0.0907. The largest absolute Gasteiger partial charge is 0.334 e. The van der Waals surface area contributed by atoms with E-state index in [1.165, 1.54) is 6.42 Å². The average Bonchev–Trinajstić information content (AvgIpc) is 2.42. The first-order valence-electron chi connectivity index (χ1n) is 7.31. The van der Waals surface area contributed by atoms with Crippen molar-refractivity contribution in [2.24, 2.45) is 0 Å². The molecule has 4 heteroatoms. The molecule has 1 saturated carbocycles. The first-order chi connectivity index (χ1) is 9.65. The maximum atomic E-state index is 12.3. The van der Waals surface area contributed by atoms with Crippen molar-refractivity contribution in [2.45, 2.75) is 57.4 Å². The molecule has 4 nitrogen and oxygen atoms in total. The number of hydrogen-bond donors (Lipinski definition) is 1. The van der Waals surface area contributed by atoms with Crippen LogP contribution in [0.2, 0.25) is 0 Å². The van der Waals surface area contributed by atoms with E-state index in [0.717, 1.165) is 44.1 Å². The van der Waals surface area contributed by atoms with Gasteiger partial charge in [-0.3, -0.25) is 9.78 Å².